The molecule has 0 aromatic heterocycles. The van der Waals surface area contributed by atoms with Gasteiger partial charge in [-0.15, -0.1) is 0 Å². The van der Waals surface area contributed by atoms with Crippen LogP contribution in [0.2, 0.25) is 0 Å². The van der Waals surface area contributed by atoms with Gasteiger partial charge in [0.25, 0.3) is 0 Å². The van der Waals surface area contributed by atoms with Gasteiger partial charge in [-0.25, -0.2) is 0 Å². The fraction of sp³-hybridized carbons (Fsp3) is 1.00. The molecule has 0 amide bonds. The first-order valence-corrected chi connectivity index (χ1v) is 24.6. The summed E-state index contributed by atoms with van der Waals surface area (Å²) in [5.74, 6) is 0. The monoisotopic (exact) mass is 1010 g/mol. The van der Waals surface area contributed by atoms with E-state index in [2.05, 4.69) is 23.0 Å². The van der Waals surface area contributed by atoms with Crippen LogP contribution in [-0.2, 0) is 98.1 Å². The highest BCUT2D eigenvalue weighted by molar-refractivity contribution is 7.44. The van der Waals surface area contributed by atoms with Gasteiger partial charge in [-0.05, 0) is 0 Å². The molecule has 1 aliphatic carbocycles. The first-order valence-electron chi connectivity index (χ1n) is 18.8. The SMILES string of the molecule is COCCOCCOCCOCCOCCOCCOCCOCCOCCOCCOCCOC1C(OP(=O)([O-])[O-])[C@H](OP(=O)([O-])[O-])C(O[O-])C(OP(=O)([O-])[O-])[C@@H]1OP(=O)([O-])[O-]. The number of phosphoric acid groups is 4. The number of ether oxygens (including phenoxy) is 12. The van der Waals surface area contributed by atoms with Gasteiger partial charge in [0.2, 0.25) is 0 Å². The van der Waals surface area contributed by atoms with Crippen molar-refractivity contribution in [3.63, 3.8) is 0 Å². The minimum absolute atomic E-state index is 0.0436. The average Bonchev–Trinajstić information content (AvgIpc) is 3.17. The lowest BCUT2D eigenvalue weighted by atomic mass is 9.85. The highest BCUT2D eigenvalue weighted by Crippen LogP contribution is 2.47. The average molecular weight is 1010 g/mol. The molecule has 0 aromatic rings. The molecule has 0 spiro atoms. The van der Waals surface area contributed by atoms with Crippen LogP contribution >= 0.6 is 31.3 Å². The van der Waals surface area contributed by atoms with Crippen molar-refractivity contribution in [1.82, 2.24) is 0 Å². The Kier molecular flexibility index (Phi) is 33.9. The molecule has 1 aliphatic rings. The first kappa shape index (κ1) is 60.9. The Morgan fingerprint density at radius 3 is 0.683 bits per heavy atom. The summed E-state index contributed by atoms with van der Waals surface area (Å²) in [5, 5.41) is 11.5. The smallest absolute Gasteiger partial charge is 0.121 e. The Hall–Kier alpha value is -0.120. The highest BCUT2D eigenvalue weighted by atomic mass is 31.2. The summed E-state index contributed by atoms with van der Waals surface area (Å²) in [4.78, 5) is 95.2. The molecule has 378 valence electrons. The maximum absolute atomic E-state index is 11.5. The Morgan fingerprint density at radius 1 is 0.302 bits per heavy atom. The molecule has 63 heavy (non-hydrogen) atoms. The Morgan fingerprint density at radius 2 is 0.492 bits per heavy atom. The number of phosphoric ester groups is 4. The van der Waals surface area contributed by atoms with Crippen molar-refractivity contribution in [3.8, 4) is 0 Å². The zero-order chi connectivity index (χ0) is 47.0. The largest absolute Gasteiger partial charge is 0.790 e. The first-order chi connectivity index (χ1) is 29.8. The van der Waals surface area contributed by atoms with E-state index in [1.807, 2.05) is 0 Å². The van der Waals surface area contributed by atoms with Crippen molar-refractivity contribution in [2.45, 2.75) is 36.6 Å². The molecular formula is C29H53O30P4-9. The molecule has 0 bridgehead atoms. The summed E-state index contributed by atoms with van der Waals surface area (Å²) >= 11 is 0. The third kappa shape index (κ3) is 33.9. The molecular weight excluding hydrogens is 952 g/mol. The van der Waals surface area contributed by atoms with Crippen molar-refractivity contribution in [2.24, 2.45) is 0 Å². The van der Waals surface area contributed by atoms with Crippen LogP contribution < -0.4 is 44.4 Å². The maximum atomic E-state index is 11.5. The number of rotatable bonds is 43. The molecule has 0 aliphatic heterocycles. The van der Waals surface area contributed by atoms with E-state index in [-0.39, 0.29) is 39.6 Å². The van der Waals surface area contributed by atoms with Crippen LogP contribution in [0, 0.1) is 0 Å². The zero-order valence-electron chi connectivity index (χ0n) is 34.1. The van der Waals surface area contributed by atoms with E-state index < -0.39 is 81.1 Å². The molecule has 0 heterocycles. The second-order valence-corrected chi connectivity index (χ2v) is 16.5. The summed E-state index contributed by atoms with van der Waals surface area (Å²) in [6.07, 6.45) is -17.3. The van der Waals surface area contributed by atoms with Crippen LogP contribution in [0.4, 0.5) is 0 Å². The Bertz CT molecular complexity index is 1250. The van der Waals surface area contributed by atoms with Gasteiger partial charge in [-0.3, -0.25) is 0 Å². The lowest BCUT2D eigenvalue weighted by Crippen LogP contribution is -2.68. The summed E-state index contributed by atoms with van der Waals surface area (Å²) in [6, 6.07) is 0. The summed E-state index contributed by atoms with van der Waals surface area (Å²) in [6.45, 7) is 5.33. The lowest BCUT2D eigenvalue weighted by molar-refractivity contribution is -0.710. The van der Waals surface area contributed by atoms with E-state index in [0.717, 1.165) is 0 Å². The van der Waals surface area contributed by atoms with E-state index in [0.29, 0.717) is 92.5 Å². The quantitative estimate of drug-likeness (QED) is 0.0237. The molecule has 0 radical (unpaired) electrons. The van der Waals surface area contributed by atoms with Gasteiger partial charge in [0.15, 0.2) is 0 Å². The van der Waals surface area contributed by atoms with Gasteiger partial charge in [0.05, 0.1) is 177 Å². The minimum Gasteiger partial charge on any atom is -0.790 e. The van der Waals surface area contributed by atoms with Crippen molar-refractivity contribution < 1.29 is 142 Å². The van der Waals surface area contributed by atoms with Crippen molar-refractivity contribution in [2.75, 3.05) is 152 Å². The van der Waals surface area contributed by atoms with Gasteiger partial charge >= 0.3 is 0 Å². The summed E-state index contributed by atoms with van der Waals surface area (Å²) in [5.41, 5.74) is 0. The van der Waals surface area contributed by atoms with Gasteiger partial charge in [-0.2, -0.15) is 0 Å². The Labute approximate surface area is 362 Å². The van der Waals surface area contributed by atoms with E-state index in [9.17, 15) is 62.7 Å². The molecule has 4 unspecified atom stereocenters. The highest BCUT2D eigenvalue weighted by Gasteiger charge is 2.55. The maximum Gasteiger partial charge on any atom is 0.121 e. The van der Waals surface area contributed by atoms with Crippen molar-refractivity contribution >= 4 is 31.3 Å². The second-order valence-electron chi connectivity index (χ2n) is 12.1. The van der Waals surface area contributed by atoms with E-state index >= 15 is 0 Å². The van der Waals surface area contributed by atoms with Crippen molar-refractivity contribution in [3.05, 3.63) is 0 Å². The van der Waals surface area contributed by atoms with E-state index in [1.54, 1.807) is 7.11 Å². The van der Waals surface area contributed by atoms with Crippen LogP contribution in [0.3, 0.4) is 0 Å². The molecule has 34 heteroatoms. The third-order valence-corrected chi connectivity index (χ3v) is 9.38. The van der Waals surface area contributed by atoms with Gasteiger partial charge < -0.3 is 142 Å². The van der Waals surface area contributed by atoms with Crippen LogP contribution in [-0.4, -0.2) is 189 Å². The number of methoxy groups -OCH3 is 1. The van der Waals surface area contributed by atoms with Crippen LogP contribution in [0.15, 0.2) is 0 Å². The number of hydrogen-bond donors (Lipinski definition) is 0. The number of hydrogen-bond acceptors (Lipinski definition) is 30. The standard InChI is InChI=1S/C29H62O30P4/c1-43-2-3-44-4-5-45-6-7-46-8-9-47-10-11-48-12-13-49-14-15-50-16-17-51-18-19-52-20-21-53-22-23-54-24-26(56-60(31,32)33)28(58-62(37,38)39)25(55-30)29(59-63(40,41)42)27(24)57-61(34,35)36/h24-30H,2-23H2,1H3,(H2,31,32,33)(H2,34,35,36)(H2,37,38,39)(H2,40,41,42)/p-9/t24?,25?,26-,27?,28?,29-/m1/s1. The predicted molar refractivity (Wildman–Crippen MR) is 185 cm³/mol. The fourth-order valence-corrected chi connectivity index (χ4v) is 7.12. The van der Waals surface area contributed by atoms with Crippen LogP contribution in [0.25, 0.3) is 0 Å². The fourth-order valence-electron chi connectivity index (χ4n) is 4.96. The lowest BCUT2D eigenvalue weighted by Gasteiger charge is -2.55. The molecule has 0 aromatic carbocycles. The van der Waals surface area contributed by atoms with Gasteiger partial charge in [0, 0.05) is 7.11 Å². The summed E-state index contributed by atoms with van der Waals surface area (Å²) in [7, 11) is -23.8. The van der Waals surface area contributed by atoms with Gasteiger partial charge in [-0.1, -0.05) is 0 Å². The molecule has 1 saturated carbocycles. The van der Waals surface area contributed by atoms with Crippen molar-refractivity contribution in [1.29, 1.82) is 0 Å². The topological polar surface area (TPSA) is 433 Å². The predicted octanol–water partition coefficient (Wildman–Crippen LogP) is -8.29. The molecule has 30 nitrogen and oxygen atoms in total. The van der Waals surface area contributed by atoms with E-state index in [1.165, 1.54) is 0 Å². The zero-order valence-corrected chi connectivity index (χ0v) is 37.6. The summed E-state index contributed by atoms with van der Waals surface area (Å²) < 4.78 is 126. The minimum atomic E-state index is -6.35. The molecule has 6 atom stereocenters. The molecule has 1 fully saturated rings. The van der Waals surface area contributed by atoms with Gasteiger partial charge in [0.1, 0.15) is 36.6 Å². The third-order valence-electron chi connectivity index (χ3n) is 7.38. The van der Waals surface area contributed by atoms with E-state index in [4.69, 9.17) is 56.8 Å². The van der Waals surface area contributed by atoms with Crippen LogP contribution in [0.5, 0.6) is 0 Å². The molecule has 1 rings (SSSR count). The van der Waals surface area contributed by atoms with Crippen LogP contribution in [0.1, 0.15) is 0 Å². The molecule has 0 saturated heterocycles. The Balaban J connectivity index is 2.23. The second kappa shape index (κ2) is 35.1. The molecule has 0 N–H and O–H groups in total. The normalized spacial score (nSPS) is 21.4.